The molecule has 2 amide bonds. The van der Waals surface area contributed by atoms with Gasteiger partial charge in [0, 0.05) is 18.2 Å². The molecule has 0 saturated heterocycles. The minimum atomic E-state index is -0.296. The van der Waals surface area contributed by atoms with E-state index in [1.807, 2.05) is 13.8 Å². The van der Waals surface area contributed by atoms with E-state index in [9.17, 15) is 9.18 Å². The molecule has 0 aliphatic carbocycles. The summed E-state index contributed by atoms with van der Waals surface area (Å²) in [7, 11) is 0. The first-order valence-electron chi connectivity index (χ1n) is 5.95. The summed E-state index contributed by atoms with van der Waals surface area (Å²) in [6, 6.07) is 6.35. The average Bonchev–Trinajstić information content (AvgIpc) is 2.35. The molecule has 4 heteroatoms. The number of urea groups is 1. The number of benzene rings is 1. The Bertz CT molecular complexity index is 364. The van der Waals surface area contributed by atoms with Gasteiger partial charge in [0.25, 0.3) is 0 Å². The fourth-order valence-corrected chi connectivity index (χ4v) is 1.55. The highest BCUT2D eigenvalue weighted by atomic mass is 19.1. The molecule has 94 valence electrons. The van der Waals surface area contributed by atoms with E-state index in [1.54, 1.807) is 18.2 Å². The van der Waals surface area contributed by atoms with Crippen molar-refractivity contribution in [3.05, 3.63) is 35.6 Å². The van der Waals surface area contributed by atoms with E-state index >= 15 is 0 Å². The third-order valence-corrected chi connectivity index (χ3v) is 2.72. The summed E-state index contributed by atoms with van der Waals surface area (Å²) >= 11 is 0. The Labute approximate surface area is 101 Å². The quantitative estimate of drug-likeness (QED) is 0.813. The Balaban J connectivity index is 2.41. The standard InChI is InChI=1S/C13H19FN2O/c1-3-11(4-2)16-13(17)15-9-10-7-5-6-8-12(10)14/h5-8,11H,3-4,9H2,1-2H3,(H2,15,16,17). The van der Waals surface area contributed by atoms with Crippen LogP contribution in [-0.4, -0.2) is 12.1 Å². The molecule has 0 aliphatic heterocycles. The zero-order valence-corrected chi connectivity index (χ0v) is 10.3. The van der Waals surface area contributed by atoms with Crippen molar-refractivity contribution in [1.29, 1.82) is 0 Å². The summed E-state index contributed by atoms with van der Waals surface area (Å²) in [4.78, 5) is 11.5. The van der Waals surface area contributed by atoms with E-state index in [-0.39, 0.29) is 24.4 Å². The second-order valence-corrected chi connectivity index (χ2v) is 3.93. The van der Waals surface area contributed by atoms with Crippen LogP contribution in [0.15, 0.2) is 24.3 Å². The number of nitrogens with one attached hydrogen (secondary N) is 2. The first-order chi connectivity index (χ1) is 8.17. The molecule has 1 aromatic carbocycles. The molecule has 17 heavy (non-hydrogen) atoms. The lowest BCUT2D eigenvalue weighted by molar-refractivity contribution is 0.235. The van der Waals surface area contributed by atoms with Crippen LogP contribution in [0.2, 0.25) is 0 Å². The second-order valence-electron chi connectivity index (χ2n) is 3.93. The van der Waals surface area contributed by atoms with Gasteiger partial charge < -0.3 is 10.6 Å². The van der Waals surface area contributed by atoms with Gasteiger partial charge in [0.1, 0.15) is 5.82 Å². The molecule has 0 bridgehead atoms. The highest BCUT2D eigenvalue weighted by molar-refractivity contribution is 5.74. The Kier molecular flexibility index (Phi) is 5.46. The van der Waals surface area contributed by atoms with Gasteiger partial charge in [0.2, 0.25) is 0 Å². The SMILES string of the molecule is CCC(CC)NC(=O)NCc1ccccc1F. The van der Waals surface area contributed by atoms with Crippen LogP contribution in [0.25, 0.3) is 0 Å². The lowest BCUT2D eigenvalue weighted by Gasteiger charge is -2.15. The second kappa shape index (κ2) is 6.89. The summed E-state index contributed by atoms with van der Waals surface area (Å²) in [6.45, 7) is 4.25. The van der Waals surface area contributed by atoms with E-state index in [0.717, 1.165) is 12.8 Å². The number of amides is 2. The van der Waals surface area contributed by atoms with Crippen molar-refractivity contribution < 1.29 is 9.18 Å². The van der Waals surface area contributed by atoms with Gasteiger partial charge in [-0.3, -0.25) is 0 Å². The average molecular weight is 238 g/mol. The molecule has 0 aromatic heterocycles. The van der Waals surface area contributed by atoms with E-state index in [0.29, 0.717) is 5.56 Å². The molecule has 3 nitrogen and oxygen atoms in total. The van der Waals surface area contributed by atoms with Crippen molar-refractivity contribution in [3.8, 4) is 0 Å². The summed E-state index contributed by atoms with van der Waals surface area (Å²) < 4.78 is 13.3. The van der Waals surface area contributed by atoms with Crippen molar-refractivity contribution in [3.63, 3.8) is 0 Å². The zero-order chi connectivity index (χ0) is 12.7. The third kappa shape index (κ3) is 4.43. The molecule has 0 aliphatic rings. The third-order valence-electron chi connectivity index (χ3n) is 2.72. The van der Waals surface area contributed by atoms with Crippen molar-refractivity contribution >= 4 is 6.03 Å². The van der Waals surface area contributed by atoms with E-state index in [2.05, 4.69) is 10.6 Å². The molecule has 1 rings (SSSR count). The number of hydrogen-bond donors (Lipinski definition) is 2. The number of hydrogen-bond acceptors (Lipinski definition) is 1. The molecule has 0 fully saturated rings. The summed E-state index contributed by atoms with van der Waals surface area (Å²) in [6.07, 6.45) is 1.78. The molecule has 0 unspecified atom stereocenters. The van der Waals surface area contributed by atoms with Crippen LogP contribution in [0, 0.1) is 5.82 Å². The van der Waals surface area contributed by atoms with Crippen molar-refractivity contribution in [2.45, 2.75) is 39.3 Å². The minimum Gasteiger partial charge on any atom is -0.335 e. The number of carbonyl (C=O) groups is 1. The highest BCUT2D eigenvalue weighted by Gasteiger charge is 2.08. The van der Waals surface area contributed by atoms with E-state index < -0.39 is 0 Å². The fourth-order valence-electron chi connectivity index (χ4n) is 1.55. The molecule has 0 heterocycles. The number of carbonyl (C=O) groups excluding carboxylic acids is 1. The fraction of sp³-hybridized carbons (Fsp3) is 0.462. The monoisotopic (exact) mass is 238 g/mol. The molecule has 0 atom stereocenters. The van der Waals surface area contributed by atoms with Crippen LogP contribution >= 0.6 is 0 Å². The molecular formula is C13H19FN2O. The Morgan fingerprint density at radius 1 is 1.29 bits per heavy atom. The Hall–Kier alpha value is -1.58. The highest BCUT2D eigenvalue weighted by Crippen LogP contribution is 2.05. The zero-order valence-electron chi connectivity index (χ0n) is 10.3. The predicted octanol–water partition coefficient (Wildman–Crippen LogP) is 2.81. The molecular weight excluding hydrogens is 219 g/mol. The van der Waals surface area contributed by atoms with Crippen molar-refractivity contribution in [1.82, 2.24) is 10.6 Å². The van der Waals surface area contributed by atoms with Gasteiger partial charge in [-0.25, -0.2) is 9.18 Å². The van der Waals surface area contributed by atoms with Gasteiger partial charge in [-0.1, -0.05) is 32.0 Å². The molecule has 0 spiro atoms. The lowest BCUT2D eigenvalue weighted by atomic mass is 10.2. The van der Waals surface area contributed by atoms with Gasteiger partial charge in [-0.05, 0) is 18.9 Å². The minimum absolute atomic E-state index is 0.177. The van der Waals surface area contributed by atoms with Crippen LogP contribution in [0.5, 0.6) is 0 Å². The van der Waals surface area contributed by atoms with Gasteiger partial charge in [0.15, 0.2) is 0 Å². The van der Waals surface area contributed by atoms with Crippen molar-refractivity contribution in [2.75, 3.05) is 0 Å². The van der Waals surface area contributed by atoms with Crippen LogP contribution in [0.3, 0.4) is 0 Å². The first-order valence-corrected chi connectivity index (χ1v) is 5.95. The summed E-state index contributed by atoms with van der Waals surface area (Å²) in [5.74, 6) is -0.296. The molecule has 1 aromatic rings. The maximum atomic E-state index is 13.3. The summed E-state index contributed by atoms with van der Waals surface area (Å²) in [5.41, 5.74) is 0.493. The molecule has 0 radical (unpaired) electrons. The maximum absolute atomic E-state index is 13.3. The van der Waals surface area contributed by atoms with Gasteiger partial charge in [-0.2, -0.15) is 0 Å². The van der Waals surface area contributed by atoms with Crippen LogP contribution in [-0.2, 0) is 6.54 Å². The summed E-state index contributed by atoms with van der Waals surface area (Å²) in [5, 5.41) is 5.48. The van der Waals surface area contributed by atoms with Gasteiger partial charge >= 0.3 is 6.03 Å². The van der Waals surface area contributed by atoms with Crippen molar-refractivity contribution in [2.24, 2.45) is 0 Å². The largest absolute Gasteiger partial charge is 0.335 e. The molecule has 0 saturated carbocycles. The topological polar surface area (TPSA) is 41.1 Å². The van der Waals surface area contributed by atoms with E-state index in [1.165, 1.54) is 6.07 Å². The number of rotatable bonds is 5. The van der Waals surface area contributed by atoms with E-state index in [4.69, 9.17) is 0 Å². The predicted molar refractivity (Wildman–Crippen MR) is 66.1 cm³/mol. The first kappa shape index (κ1) is 13.5. The van der Waals surface area contributed by atoms with Crippen LogP contribution in [0.4, 0.5) is 9.18 Å². The Morgan fingerprint density at radius 3 is 2.53 bits per heavy atom. The Morgan fingerprint density at radius 2 is 1.94 bits per heavy atom. The normalized spacial score (nSPS) is 10.4. The maximum Gasteiger partial charge on any atom is 0.315 e. The van der Waals surface area contributed by atoms with Gasteiger partial charge in [0.05, 0.1) is 0 Å². The smallest absolute Gasteiger partial charge is 0.315 e. The molecule has 2 N–H and O–H groups in total. The lowest BCUT2D eigenvalue weighted by Crippen LogP contribution is -2.41. The van der Waals surface area contributed by atoms with Gasteiger partial charge in [-0.15, -0.1) is 0 Å². The van der Waals surface area contributed by atoms with Crippen LogP contribution in [0.1, 0.15) is 32.3 Å². The number of halogens is 1. The van der Waals surface area contributed by atoms with Crippen LogP contribution < -0.4 is 10.6 Å².